The smallest absolute Gasteiger partial charge is 0.489 e. The SMILES string of the molecule is [C-]#[N+]c1cc(COc2ccc3[nH]c4c(c3c2)CCC4CC(=O)O)ccc1OC(F)(F)F. The monoisotopic (exact) mass is 430 g/mol. The number of hydrogen-bond donors (Lipinski definition) is 2. The fraction of sp³-hybridized carbons (Fsp3) is 0.273. The molecule has 0 saturated carbocycles. The highest BCUT2D eigenvalue weighted by Crippen LogP contribution is 2.40. The molecule has 9 heteroatoms. The van der Waals surface area contributed by atoms with Crippen LogP contribution in [-0.2, 0) is 17.8 Å². The number of nitrogens with one attached hydrogen (secondary N) is 1. The van der Waals surface area contributed by atoms with Crippen molar-refractivity contribution in [3.8, 4) is 11.5 Å². The van der Waals surface area contributed by atoms with Gasteiger partial charge in [-0.1, -0.05) is 6.07 Å². The third kappa shape index (κ3) is 4.43. The lowest BCUT2D eigenvalue weighted by molar-refractivity contribution is -0.274. The summed E-state index contributed by atoms with van der Waals surface area (Å²) in [4.78, 5) is 17.5. The molecule has 0 bridgehead atoms. The normalized spacial score (nSPS) is 15.5. The number of carboxylic acids is 1. The first-order valence-electron chi connectivity index (χ1n) is 9.48. The molecule has 1 aliphatic rings. The summed E-state index contributed by atoms with van der Waals surface area (Å²) in [5.74, 6) is -0.845. The summed E-state index contributed by atoms with van der Waals surface area (Å²) in [5.41, 5.74) is 3.23. The molecule has 0 saturated heterocycles. The minimum absolute atomic E-state index is 0.0336. The minimum Gasteiger partial charge on any atom is -0.489 e. The van der Waals surface area contributed by atoms with Gasteiger partial charge in [0.2, 0.25) is 5.69 Å². The molecule has 2 N–H and O–H groups in total. The Morgan fingerprint density at radius 2 is 2.06 bits per heavy atom. The number of aromatic amines is 1. The number of benzene rings is 2. The Morgan fingerprint density at radius 3 is 2.77 bits per heavy atom. The molecule has 0 aliphatic heterocycles. The highest BCUT2D eigenvalue weighted by atomic mass is 19.4. The van der Waals surface area contributed by atoms with E-state index in [0.29, 0.717) is 11.3 Å². The number of ether oxygens (including phenoxy) is 2. The predicted octanol–water partition coefficient (Wildman–Crippen LogP) is 5.70. The fourth-order valence-electron chi connectivity index (χ4n) is 3.95. The molecule has 0 fully saturated rings. The largest absolute Gasteiger partial charge is 0.571 e. The summed E-state index contributed by atoms with van der Waals surface area (Å²) in [5, 5.41) is 10.1. The van der Waals surface area contributed by atoms with Crippen LogP contribution in [0.4, 0.5) is 18.9 Å². The van der Waals surface area contributed by atoms with Crippen LogP contribution in [0, 0.1) is 6.57 Å². The Hall–Kier alpha value is -3.67. The summed E-state index contributed by atoms with van der Waals surface area (Å²) in [6, 6.07) is 9.30. The highest BCUT2D eigenvalue weighted by molar-refractivity contribution is 5.87. The Kier molecular flexibility index (Phi) is 5.23. The summed E-state index contributed by atoms with van der Waals surface area (Å²) in [7, 11) is 0. The number of aliphatic carboxylic acids is 1. The van der Waals surface area contributed by atoms with Gasteiger partial charge in [-0.05, 0) is 54.3 Å². The van der Waals surface area contributed by atoms with Crippen LogP contribution >= 0.6 is 0 Å². The second-order valence-electron chi connectivity index (χ2n) is 7.31. The molecule has 1 aromatic heterocycles. The van der Waals surface area contributed by atoms with Crippen LogP contribution in [0.2, 0.25) is 0 Å². The third-order valence-electron chi connectivity index (χ3n) is 5.26. The molecule has 31 heavy (non-hydrogen) atoms. The number of H-pyrrole nitrogens is 1. The lowest BCUT2D eigenvalue weighted by atomic mass is 10.0. The number of carbonyl (C=O) groups is 1. The number of hydrogen-bond acceptors (Lipinski definition) is 3. The van der Waals surface area contributed by atoms with Crippen molar-refractivity contribution in [3.63, 3.8) is 0 Å². The third-order valence-corrected chi connectivity index (χ3v) is 5.26. The lowest BCUT2D eigenvalue weighted by Crippen LogP contribution is -2.17. The van der Waals surface area contributed by atoms with Gasteiger partial charge in [-0.15, -0.1) is 13.2 Å². The number of fused-ring (bicyclic) bond motifs is 3. The molecule has 0 spiro atoms. The number of rotatable bonds is 6. The molecule has 0 radical (unpaired) electrons. The van der Waals surface area contributed by atoms with Gasteiger partial charge in [0.1, 0.15) is 18.1 Å². The number of nitrogens with zero attached hydrogens (tertiary/aromatic N) is 1. The van der Waals surface area contributed by atoms with Gasteiger partial charge >= 0.3 is 12.3 Å². The first-order chi connectivity index (χ1) is 14.7. The minimum atomic E-state index is -4.87. The van der Waals surface area contributed by atoms with E-state index in [1.165, 1.54) is 12.1 Å². The van der Waals surface area contributed by atoms with E-state index < -0.39 is 18.1 Å². The van der Waals surface area contributed by atoms with Crippen LogP contribution in [0.1, 0.15) is 35.6 Å². The van der Waals surface area contributed by atoms with E-state index in [1.807, 2.05) is 12.1 Å². The molecule has 1 unspecified atom stereocenters. The summed E-state index contributed by atoms with van der Waals surface area (Å²) < 4.78 is 46.9. The molecule has 4 rings (SSSR count). The van der Waals surface area contributed by atoms with Gasteiger partial charge < -0.3 is 19.6 Å². The zero-order valence-electron chi connectivity index (χ0n) is 16.1. The zero-order chi connectivity index (χ0) is 22.2. The zero-order valence-corrected chi connectivity index (χ0v) is 16.1. The van der Waals surface area contributed by atoms with Gasteiger partial charge in [0.05, 0.1) is 13.0 Å². The summed E-state index contributed by atoms with van der Waals surface area (Å²) >= 11 is 0. The summed E-state index contributed by atoms with van der Waals surface area (Å²) in [6.07, 6.45) is -3.22. The van der Waals surface area contributed by atoms with Crippen molar-refractivity contribution < 1.29 is 32.5 Å². The van der Waals surface area contributed by atoms with Crippen molar-refractivity contribution >= 4 is 22.6 Å². The first-order valence-corrected chi connectivity index (χ1v) is 9.48. The molecule has 1 atom stereocenters. The molecule has 1 aliphatic carbocycles. The maximum Gasteiger partial charge on any atom is 0.571 e. The van der Waals surface area contributed by atoms with E-state index in [1.54, 1.807) is 6.07 Å². The molecule has 160 valence electrons. The number of carboxylic acid groups (broad SMARTS) is 1. The maximum atomic E-state index is 12.4. The highest BCUT2D eigenvalue weighted by Gasteiger charge is 2.32. The van der Waals surface area contributed by atoms with Crippen molar-refractivity contribution in [1.29, 1.82) is 0 Å². The Bertz CT molecular complexity index is 1190. The van der Waals surface area contributed by atoms with Gasteiger partial charge in [0, 0.05) is 22.5 Å². The number of aryl methyl sites for hydroxylation is 1. The van der Waals surface area contributed by atoms with E-state index in [9.17, 15) is 18.0 Å². The van der Waals surface area contributed by atoms with Crippen LogP contribution in [0.25, 0.3) is 15.7 Å². The van der Waals surface area contributed by atoms with Gasteiger partial charge in [-0.2, -0.15) is 0 Å². The average Bonchev–Trinajstić information content (AvgIpc) is 3.25. The Balaban J connectivity index is 1.51. The molecular formula is C22H17F3N2O4. The quantitative estimate of drug-likeness (QED) is 0.492. The Morgan fingerprint density at radius 1 is 1.26 bits per heavy atom. The molecular weight excluding hydrogens is 413 g/mol. The number of aromatic nitrogens is 1. The standard InChI is InChI=1S/C22H17F3N2O4/c1-26-18-8-12(2-7-19(18)31-22(23,24)25)11-30-14-4-6-17-16(10-14)15-5-3-13(9-20(28)29)21(15)27-17/h2,4,6-8,10,13,27H,3,5,9,11H2,(H,28,29). The first kappa shape index (κ1) is 20.6. The van der Waals surface area contributed by atoms with Gasteiger partial charge in [-0.25, -0.2) is 4.85 Å². The van der Waals surface area contributed by atoms with E-state index in [4.69, 9.17) is 16.4 Å². The van der Waals surface area contributed by atoms with Crippen LogP contribution in [0.15, 0.2) is 36.4 Å². The lowest BCUT2D eigenvalue weighted by Gasteiger charge is -2.12. The number of halogens is 3. The van der Waals surface area contributed by atoms with Gasteiger partial charge in [0.25, 0.3) is 0 Å². The van der Waals surface area contributed by atoms with Crippen LogP contribution in [-0.4, -0.2) is 22.4 Å². The topological polar surface area (TPSA) is 75.9 Å². The second kappa shape index (κ2) is 7.87. The van der Waals surface area contributed by atoms with Crippen molar-refractivity contribution in [2.24, 2.45) is 0 Å². The molecule has 0 amide bonds. The average molecular weight is 430 g/mol. The van der Waals surface area contributed by atoms with Gasteiger partial charge in [-0.3, -0.25) is 4.79 Å². The second-order valence-corrected chi connectivity index (χ2v) is 7.31. The number of alkyl halides is 3. The fourth-order valence-corrected chi connectivity index (χ4v) is 3.95. The molecule has 3 aromatic rings. The van der Waals surface area contributed by atoms with E-state index in [0.717, 1.165) is 41.1 Å². The Labute approximate surface area is 175 Å². The van der Waals surface area contributed by atoms with E-state index >= 15 is 0 Å². The van der Waals surface area contributed by atoms with Crippen LogP contribution < -0.4 is 9.47 Å². The summed E-state index contributed by atoms with van der Waals surface area (Å²) in [6.45, 7) is 7.15. The van der Waals surface area contributed by atoms with Crippen molar-refractivity contribution in [1.82, 2.24) is 4.98 Å². The molecule has 1 heterocycles. The molecule has 6 nitrogen and oxygen atoms in total. The van der Waals surface area contributed by atoms with Crippen molar-refractivity contribution in [3.05, 3.63) is 64.6 Å². The van der Waals surface area contributed by atoms with Crippen LogP contribution in [0.3, 0.4) is 0 Å². The molecule has 2 aromatic carbocycles. The van der Waals surface area contributed by atoms with Gasteiger partial charge in [0.15, 0.2) is 0 Å². The van der Waals surface area contributed by atoms with Crippen LogP contribution in [0.5, 0.6) is 11.5 Å². The van der Waals surface area contributed by atoms with E-state index in [-0.39, 0.29) is 24.6 Å². The van der Waals surface area contributed by atoms with E-state index in [2.05, 4.69) is 14.6 Å². The maximum absolute atomic E-state index is 12.4. The van der Waals surface area contributed by atoms with Crippen molar-refractivity contribution in [2.45, 2.75) is 38.1 Å². The van der Waals surface area contributed by atoms with Crippen molar-refractivity contribution in [2.75, 3.05) is 0 Å². The predicted molar refractivity (Wildman–Crippen MR) is 105 cm³/mol.